The van der Waals surface area contributed by atoms with E-state index < -0.39 is 16.0 Å². The van der Waals surface area contributed by atoms with E-state index in [2.05, 4.69) is 5.32 Å². The molecule has 148 valence electrons. The Balaban J connectivity index is 1.76. The minimum Gasteiger partial charge on any atom is -0.462 e. The molecule has 0 saturated heterocycles. The third-order valence-corrected chi connectivity index (χ3v) is 5.78. The van der Waals surface area contributed by atoms with Gasteiger partial charge in [-0.15, -0.1) is 0 Å². The normalized spacial score (nSPS) is 15.8. The predicted molar refractivity (Wildman–Crippen MR) is 107 cm³/mol. The van der Waals surface area contributed by atoms with Crippen molar-refractivity contribution in [3.05, 3.63) is 59.2 Å². The van der Waals surface area contributed by atoms with Gasteiger partial charge in [0.1, 0.15) is 0 Å². The topological polar surface area (TPSA) is 92.8 Å². The van der Waals surface area contributed by atoms with E-state index in [0.717, 1.165) is 5.56 Å². The Morgan fingerprint density at radius 1 is 1.14 bits per heavy atom. The van der Waals surface area contributed by atoms with Crippen molar-refractivity contribution in [2.75, 3.05) is 22.5 Å². The molecule has 0 saturated carbocycles. The average molecular weight is 402 g/mol. The van der Waals surface area contributed by atoms with Crippen LogP contribution >= 0.6 is 0 Å². The van der Waals surface area contributed by atoms with Gasteiger partial charge in [0.15, 0.2) is 0 Å². The van der Waals surface area contributed by atoms with E-state index in [4.69, 9.17) is 4.74 Å². The lowest BCUT2D eigenvalue weighted by Gasteiger charge is -2.21. The maximum absolute atomic E-state index is 12.6. The van der Waals surface area contributed by atoms with Gasteiger partial charge in [-0.2, -0.15) is 0 Å². The Morgan fingerprint density at radius 2 is 1.79 bits per heavy atom. The van der Waals surface area contributed by atoms with Gasteiger partial charge in [0.05, 0.1) is 24.1 Å². The largest absolute Gasteiger partial charge is 0.462 e. The van der Waals surface area contributed by atoms with Crippen molar-refractivity contribution in [2.24, 2.45) is 0 Å². The zero-order valence-electron chi connectivity index (χ0n) is 15.9. The molecule has 28 heavy (non-hydrogen) atoms. The smallest absolute Gasteiger partial charge is 0.338 e. The fraction of sp³-hybridized carbons (Fsp3) is 0.300. The van der Waals surface area contributed by atoms with Crippen LogP contribution in [0.1, 0.15) is 40.1 Å². The van der Waals surface area contributed by atoms with Crippen LogP contribution in [0.2, 0.25) is 0 Å². The van der Waals surface area contributed by atoms with Crippen molar-refractivity contribution in [3.63, 3.8) is 0 Å². The minimum absolute atomic E-state index is 0.182. The zero-order chi connectivity index (χ0) is 20.5. The summed E-state index contributed by atoms with van der Waals surface area (Å²) in [6.07, 6.45) is 1.73. The van der Waals surface area contributed by atoms with E-state index in [1.807, 2.05) is 6.92 Å². The summed E-state index contributed by atoms with van der Waals surface area (Å²) in [7, 11) is -3.37. The van der Waals surface area contributed by atoms with Gasteiger partial charge in [0, 0.05) is 17.3 Å². The van der Waals surface area contributed by atoms with E-state index >= 15 is 0 Å². The van der Waals surface area contributed by atoms with Crippen LogP contribution in [0.3, 0.4) is 0 Å². The number of hydrogen-bond acceptors (Lipinski definition) is 5. The fourth-order valence-corrected chi connectivity index (χ4v) is 4.62. The van der Waals surface area contributed by atoms with Crippen LogP contribution in [-0.2, 0) is 21.2 Å². The van der Waals surface area contributed by atoms with Crippen LogP contribution < -0.4 is 9.62 Å². The number of benzene rings is 2. The molecule has 2 aromatic carbocycles. The minimum atomic E-state index is -3.37. The second-order valence-electron chi connectivity index (χ2n) is 6.71. The van der Waals surface area contributed by atoms with Gasteiger partial charge in [-0.1, -0.05) is 0 Å². The Labute approximate surface area is 164 Å². The van der Waals surface area contributed by atoms with Crippen molar-refractivity contribution in [1.82, 2.24) is 0 Å². The van der Waals surface area contributed by atoms with Crippen molar-refractivity contribution >= 4 is 33.3 Å². The summed E-state index contributed by atoms with van der Waals surface area (Å²) in [6, 6.07) is 11.2. The highest BCUT2D eigenvalue weighted by atomic mass is 32.2. The lowest BCUT2D eigenvalue weighted by Crippen LogP contribution is -2.34. The number of hydrogen-bond donors (Lipinski definition) is 1. The standard InChI is InChI=1S/C20H22N2O5S/c1-4-27-20(24)14-5-8-17(9-6-14)21-19(23)15-7-10-18-16(12-15)11-13(2)22(18)28(3,25)26/h5-10,12-13H,4,11H2,1-3H3,(H,21,23)/t13-/m0/s1. The summed E-state index contributed by atoms with van der Waals surface area (Å²) in [6.45, 7) is 3.87. The first-order valence-corrected chi connectivity index (χ1v) is 10.8. The van der Waals surface area contributed by atoms with Crippen molar-refractivity contribution in [1.29, 1.82) is 0 Å². The van der Waals surface area contributed by atoms with Crippen LogP contribution in [0.4, 0.5) is 11.4 Å². The highest BCUT2D eigenvalue weighted by Crippen LogP contribution is 2.34. The number of rotatable bonds is 5. The maximum Gasteiger partial charge on any atom is 0.338 e. The summed E-state index contributed by atoms with van der Waals surface area (Å²) in [4.78, 5) is 24.2. The number of anilines is 2. The lowest BCUT2D eigenvalue weighted by atomic mass is 10.1. The molecule has 1 aliphatic rings. The first-order valence-electron chi connectivity index (χ1n) is 8.91. The number of sulfonamides is 1. The number of amides is 1. The third-order valence-electron chi connectivity index (χ3n) is 4.51. The van der Waals surface area contributed by atoms with Crippen molar-refractivity contribution in [3.8, 4) is 0 Å². The van der Waals surface area contributed by atoms with E-state index in [-0.39, 0.29) is 11.9 Å². The first kappa shape index (κ1) is 19.9. The van der Waals surface area contributed by atoms with E-state index in [9.17, 15) is 18.0 Å². The number of carbonyl (C=O) groups is 2. The van der Waals surface area contributed by atoms with Crippen molar-refractivity contribution in [2.45, 2.75) is 26.3 Å². The Bertz CT molecular complexity index is 1020. The number of fused-ring (bicyclic) bond motifs is 1. The highest BCUT2D eigenvalue weighted by Gasteiger charge is 2.32. The van der Waals surface area contributed by atoms with E-state index in [1.54, 1.807) is 49.4 Å². The van der Waals surface area contributed by atoms with Gasteiger partial charge in [0.2, 0.25) is 10.0 Å². The summed E-state index contributed by atoms with van der Waals surface area (Å²) < 4.78 is 30.3. The molecule has 0 unspecified atom stereocenters. The van der Waals surface area contributed by atoms with Gasteiger partial charge in [-0.25, -0.2) is 13.2 Å². The monoisotopic (exact) mass is 402 g/mol. The number of nitrogens with one attached hydrogen (secondary N) is 1. The molecule has 2 aromatic rings. The van der Waals surface area contributed by atoms with E-state index in [0.29, 0.717) is 35.5 Å². The molecule has 7 nitrogen and oxygen atoms in total. The Hall–Kier alpha value is -2.87. The molecule has 1 N–H and O–H groups in total. The second-order valence-corrected chi connectivity index (χ2v) is 8.57. The molecule has 1 atom stereocenters. The SMILES string of the molecule is CCOC(=O)c1ccc(NC(=O)c2ccc3c(c2)C[C@H](C)N3S(C)(=O)=O)cc1. The predicted octanol–water partition coefficient (Wildman–Crippen LogP) is 2.83. The molecular formula is C20H22N2O5S. The molecule has 3 rings (SSSR count). The lowest BCUT2D eigenvalue weighted by molar-refractivity contribution is 0.0526. The average Bonchev–Trinajstić information content (AvgIpc) is 2.97. The van der Waals surface area contributed by atoms with Crippen LogP contribution in [0.25, 0.3) is 0 Å². The fourth-order valence-electron chi connectivity index (χ4n) is 3.36. The highest BCUT2D eigenvalue weighted by molar-refractivity contribution is 7.92. The summed E-state index contributed by atoms with van der Waals surface area (Å²) >= 11 is 0. The maximum atomic E-state index is 12.6. The van der Waals surface area contributed by atoms with Crippen LogP contribution in [0.5, 0.6) is 0 Å². The number of ether oxygens (including phenoxy) is 1. The Morgan fingerprint density at radius 3 is 2.39 bits per heavy atom. The van der Waals surface area contributed by atoms with Crippen LogP contribution in [-0.4, -0.2) is 39.2 Å². The molecule has 0 aliphatic carbocycles. The van der Waals surface area contributed by atoms with Gasteiger partial charge < -0.3 is 10.1 Å². The van der Waals surface area contributed by atoms with Gasteiger partial charge in [-0.3, -0.25) is 9.10 Å². The molecule has 0 bridgehead atoms. The quantitative estimate of drug-likeness (QED) is 0.777. The molecule has 8 heteroatoms. The van der Waals surface area contributed by atoms with Gasteiger partial charge in [-0.05, 0) is 68.3 Å². The Kier molecular flexibility index (Phi) is 5.42. The molecule has 1 heterocycles. The molecule has 0 aromatic heterocycles. The summed E-state index contributed by atoms with van der Waals surface area (Å²) in [5.41, 5.74) is 2.83. The first-order chi connectivity index (χ1) is 13.2. The number of nitrogens with zero attached hydrogens (tertiary/aromatic N) is 1. The third kappa shape index (κ3) is 4.01. The molecule has 0 spiro atoms. The van der Waals surface area contributed by atoms with E-state index in [1.165, 1.54) is 10.6 Å². The van der Waals surface area contributed by atoms with Gasteiger partial charge >= 0.3 is 5.97 Å². The van der Waals surface area contributed by atoms with Crippen LogP contribution in [0.15, 0.2) is 42.5 Å². The molecule has 1 amide bonds. The number of carbonyl (C=O) groups excluding carboxylic acids is 2. The molecule has 0 radical (unpaired) electrons. The van der Waals surface area contributed by atoms with Crippen molar-refractivity contribution < 1.29 is 22.7 Å². The number of esters is 1. The van der Waals surface area contributed by atoms with Crippen LogP contribution in [0, 0.1) is 0 Å². The molecular weight excluding hydrogens is 380 g/mol. The summed E-state index contributed by atoms with van der Waals surface area (Å²) in [5, 5.41) is 2.78. The summed E-state index contributed by atoms with van der Waals surface area (Å²) in [5.74, 6) is -0.722. The molecule has 0 fully saturated rings. The van der Waals surface area contributed by atoms with Gasteiger partial charge in [0.25, 0.3) is 5.91 Å². The molecule has 1 aliphatic heterocycles. The second kappa shape index (κ2) is 7.63. The zero-order valence-corrected chi connectivity index (χ0v) is 16.7.